The number of hydrogen-bond acceptors (Lipinski definition) is 5. The third kappa shape index (κ3) is 2.95. The molecule has 0 aliphatic heterocycles. The molecule has 2 nitrogen and oxygen atoms in total. The van der Waals surface area contributed by atoms with Gasteiger partial charge >= 0.3 is 0 Å². The van der Waals surface area contributed by atoms with Crippen LogP contribution in [-0.4, -0.2) is 11.5 Å². The first-order valence-corrected chi connectivity index (χ1v) is 7.26. The maximum atomic E-state index is 5.90. The Morgan fingerprint density at radius 1 is 1.53 bits per heavy atom. The van der Waals surface area contributed by atoms with Crippen molar-refractivity contribution in [2.75, 3.05) is 6.54 Å². The van der Waals surface area contributed by atoms with Gasteiger partial charge in [-0.25, -0.2) is 4.98 Å². The number of nitrogens with zero attached hydrogens (tertiary/aromatic N) is 1. The molecule has 0 fully saturated rings. The quantitative estimate of drug-likeness (QED) is 0.867. The van der Waals surface area contributed by atoms with E-state index in [4.69, 9.17) is 17.3 Å². The predicted molar refractivity (Wildman–Crippen MR) is 69.1 cm³/mol. The van der Waals surface area contributed by atoms with Crippen molar-refractivity contribution in [3.8, 4) is 0 Å². The molecule has 2 rings (SSSR count). The number of thioether (sulfide) groups is 1. The number of thiophene rings is 1. The normalized spacial score (nSPS) is 12.9. The molecule has 0 amide bonds. The monoisotopic (exact) mass is 276 g/mol. The van der Waals surface area contributed by atoms with Crippen molar-refractivity contribution in [1.82, 2.24) is 4.98 Å². The van der Waals surface area contributed by atoms with Crippen LogP contribution in [0.4, 0.5) is 0 Å². The predicted octanol–water partition coefficient (Wildman–Crippen LogP) is 3.65. The highest BCUT2D eigenvalue weighted by atomic mass is 35.5. The van der Waals surface area contributed by atoms with E-state index in [1.807, 2.05) is 23.7 Å². The summed E-state index contributed by atoms with van der Waals surface area (Å²) >= 11 is 10.8. The van der Waals surface area contributed by atoms with E-state index in [0.717, 1.165) is 8.68 Å². The van der Waals surface area contributed by atoms with Crippen molar-refractivity contribution in [3.63, 3.8) is 0 Å². The number of halogens is 1. The van der Waals surface area contributed by atoms with Crippen molar-refractivity contribution in [1.29, 1.82) is 0 Å². The van der Waals surface area contributed by atoms with Crippen LogP contribution in [0.2, 0.25) is 4.34 Å². The summed E-state index contributed by atoms with van der Waals surface area (Å²) < 4.78 is 1.86. The molecule has 0 saturated carbocycles. The van der Waals surface area contributed by atoms with Gasteiger partial charge in [-0.05, 0) is 12.1 Å². The average molecular weight is 277 g/mol. The number of hydrogen-bond donors (Lipinski definition) is 1. The molecule has 0 saturated heterocycles. The van der Waals surface area contributed by atoms with Crippen LogP contribution in [0.25, 0.3) is 0 Å². The molecule has 15 heavy (non-hydrogen) atoms. The summed E-state index contributed by atoms with van der Waals surface area (Å²) in [4.78, 5) is 5.44. The van der Waals surface area contributed by atoms with E-state index in [2.05, 4.69) is 4.98 Å². The van der Waals surface area contributed by atoms with Crippen molar-refractivity contribution < 1.29 is 0 Å². The van der Waals surface area contributed by atoms with Crippen LogP contribution in [-0.2, 0) is 0 Å². The van der Waals surface area contributed by atoms with Gasteiger partial charge in [0.2, 0.25) is 0 Å². The summed E-state index contributed by atoms with van der Waals surface area (Å²) in [5.41, 5.74) is 5.75. The smallest absolute Gasteiger partial charge is 0.150 e. The maximum absolute atomic E-state index is 5.90. The second-order valence-electron chi connectivity index (χ2n) is 2.78. The largest absolute Gasteiger partial charge is 0.329 e. The van der Waals surface area contributed by atoms with Gasteiger partial charge in [0.15, 0.2) is 0 Å². The van der Waals surface area contributed by atoms with Gasteiger partial charge in [-0.15, -0.1) is 22.7 Å². The number of rotatable bonds is 4. The van der Waals surface area contributed by atoms with Gasteiger partial charge in [0.25, 0.3) is 0 Å². The number of aromatic nitrogens is 1. The Labute approximate surface area is 105 Å². The highest BCUT2D eigenvalue weighted by Gasteiger charge is 2.14. The van der Waals surface area contributed by atoms with Crippen molar-refractivity contribution in [2.24, 2.45) is 5.73 Å². The fourth-order valence-electron chi connectivity index (χ4n) is 1.11. The Morgan fingerprint density at radius 3 is 2.93 bits per heavy atom. The molecule has 2 aromatic heterocycles. The Kier molecular flexibility index (Phi) is 4.05. The highest BCUT2D eigenvalue weighted by molar-refractivity contribution is 8.01. The van der Waals surface area contributed by atoms with Crippen LogP contribution < -0.4 is 5.73 Å². The Bertz CT molecular complexity index is 413. The van der Waals surface area contributed by atoms with Crippen LogP contribution in [0.1, 0.15) is 10.1 Å². The van der Waals surface area contributed by atoms with E-state index < -0.39 is 0 Å². The Morgan fingerprint density at radius 2 is 2.40 bits per heavy atom. The zero-order valence-electron chi connectivity index (χ0n) is 7.72. The van der Waals surface area contributed by atoms with E-state index >= 15 is 0 Å². The highest BCUT2D eigenvalue weighted by Crippen LogP contribution is 2.39. The molecular weight excluding hydrogens is 268 g/mol. The van der Waals surface area contributed by atoms with E-state index in [1.54, 1.807) is 34.4 Å². The lowest BCUT2D eigenvalue weighted by Gasteiger charge is -2.09. The van der Waals surface area contributed by atoms with Crippen molar-refractivity contribution >= 4 is 46.0 Å². The van der Waals surface area contributed by atoms with E-state index in [1.165, 1.54) is 4.88 Å². The average Bonchev–Trinajstić information content (AvgIpc) is 2.85. The fraction of sp³-hybridized carbons (Fsp3) is 0.222. The van der Waals surface area contributed by atoms with Gasteiger partial charge in [0.05, 0.1) is 9.59 Å². The summed E-state index contributed by atoms with van der Waals surface area (Å²) in [5, 5.41) is 2.23. The zero-order chi connectivity index (χ0) is 10.7. The molecule has 2 N–H and O–H groups in total. The third-order valence-corrected chi connectivity index (χ3v) is 5.45. The maximum Gasteiger partial charge on any atom is 0.150 e. The Hall–Kier alpha value is -0.0700. The lowest BCUT2D eigenvalue weighted by Crippen LogP contribution is -2.07. The molecule has 1 atom stereocenters. The molecule has 0 aliphatic rings. The molecule has 0 spiro atoms. The second-order valence-corrected chi connectivity index (χ2v) is 6.87. The Balaban J connectivity index is 2.11. The molecule has 1 unspecified atom stereocenters. The van der Waals surface area contributed by atoms with Gasteiger partial charge in [-0.3, -0.25) is 0 Å². The minimum absolute atomic E-state index is 0.258. The molecule has 2 heterocycles. The molecule has 0 aliphatic carbocycles. The van der Waals surface area contributed by atoms with Crippen LogP contribution in [0, 0.1) is 0 Å². The molecule has 0 bridgehead atoms. The summed E-state index contributed by atoms with van der Waals surface area (Å²) in [6, 6.07) is 3.94. The molecule has 0 aromatic carbocycles. The first-order chi connectivity index (χ1) is 7.29. The molecule has 6 heteroatoms. The second kappa shape index (κ2) is 5.32. The van der Waals surface area contributed by atoms with Gasteiger partial charge in [0.1, 0.15) is 4.34 Å². The summed E-state index contributed by atoms with van der Waals surface area (Å²) in [6.45, 7) is 0.598. The van der Waals surface area contributed by atoms with Gasteiger partial charge in [-0.2, -0.15) is 0 Å². The summed E-state index contributed by atoms with van der Waals surface area (Å²) in [7, 11) is 0. The molecule has 0 radical (unpaired) electrons. The zero-order valence-corrected chi connectivity index (χ0v) is 10.9. The lowest BCUT2D eigenvalue weighted by atomic mass is 10.3. The third-order valence-electron chi connectivity index (χ3n) is 1.78. The number of nitrogens with two attached hydrogens (primary N) is 1. The summed E-state index contributed by atoms with van der Waals surface area (Å²) in [6.07, 6.45) is 1.81. The number of thiazole rings is 1. The first-order valence-electron chi connectivity index (χ1n) is 4.31. The first kappa shape index (κ1) is 11.4. The lowest BCUT2D eigenvalue weighted by molar-refractivity contribution is 0.958. The SMILES string of the molecule is NCC(Sc1nccs1)c1ccc(Cl)s1. The standard InChI is InChI=1S/C9H9ClN2S3/c10-8-2-1-6(14-8)7(5-11)15-9-12-3-4-13-9/h1-4,7H,5,11H2. The van der Waals surface area contributed by atoms with E-state index in [0.29, 0.717) is 6.54 Å². The molecule has 80 valence electrons. The molecular formula is C9H9ClN2S3. The van der Waals surface area contributed by atoms with Crippen molar-refractivity contribution in [2.45, 2.75) is 9.59 Å². The fourth-order valence-corrected chi connectivity index (χ4v) is 4.21. The van der Waals surface area contributed by atoms with Gasteiger partial charge < -0.3 is 5.73 Å². The van der Waals surface area contributed by atoms with Crippen LogP contribution in [0.5, 0.6) is 0 Å². The van der Waals surface area contributed by atoms with E-state index in [-0.39, 0.29) is 5.25 Å². The summed E-state index contributed by atoms with van der Waals surface area (Å²) in [5.74, 6) is 0. The van der Waals surface area contributed by atoms with Gasteiger partial charge in [0, 0.05) is 23.0 Å². The minimum Gasteiger partial charge on any atom is -0.329 e. The van der Waals surface area contributed by atoms with Crippen molar-refractivity contribution in [3.05, 3.63) is 32.9 Å². The minimum atomic E-state index is 0.258. The molecule has 2 aromatic rings. The van der Waals surface area contributed by atoms with Crippen LogP contribution >= 0.6 is 46.0 Å². The van der Waals surface area contributed by atoms with Crippen LogP contribution in [0.15, 0.2) is 28.0 Å². The van der Waals surface area contributed by atoms with Crippen LogP contribution in [0.3, 0.4) is 0 Å². The topological polar surface area (TPSA) is 38.9 Å². The van der Waals surface area contributed by atoms with Gasteiger partial charge in [-0.1, -0.05) is 23.4 Å². The van der Waals surface area contributed by atoms with E-state index in [9.17, 15) is 0 Å².